The molecular weight excluding hydrogens is 674 g/mol. The Morgan fingerprint density at radius 2 is 1.08 bits per heavy atom. The lowest BCUT2D eigenvalue weighted by molar-refractivity contribution is -0.164. The van der Waals surface area contributed by atoms with Gasteiger partial charge in [0.1, 0.15) is 49.1 Å². The molecule has 292 valence electrons. The van der Waals surface area contributed by atoms with E-state index in [1.165, 1.54) is 0 Å². The highest BCUT2D eigenvalue weighted by Crippen LogP contribution is 2.20. The van der Waals surface area contributed by atoms with Gasteiger partial charge in [-0.1, -0.05) is 51.1 Å². The van der Waals surface area contributed by atoms with Gasteiger partial charge in [-0.2, -0.15) is 0 Å². The Morgan fingerprint density at radius 3 is 1.50 bits per heavy atom. The third kappa shape index (κ3) is 21.0. The summed E-state index contributed by atoms with van der Waals surface area (Å²) in [4.78, 5) is 94.2. The summed E-state index contributed by atoms with van der Waals surface area (Å²) in [6.45, 7) is 18.0. The van der Waals surface area contributed by atoms with E-state index in [1.54, 1.807) is 92.6 Å². The summed E-state index contributed by atoms with van der Waals surface area (Å²) in [5.74, 6) is -4.25. The standard InChI is InChI=1S/C38H59N3O11/c1-35(2,3)20-27(42)21-40(22-30(44)50-36(4,5)6)29(43)19-18-28(39-34(48)49-25-26-16-14-13-15-17-26)33(47)41(23-31(45)51-37(7,8)9)24-32(46)52-38(10,11)12/h13-17,28H,18-25H2,1-12H3,(H,39,48). The van der Waals surface area contributed by atoms with E-state index >= 15 is 0 Å². The predicted molar refractivity (Wildman–Crippen MR) is 193 cm³/mol. The molecule has 0 aliphatic carbocycles. The van der Waals surface area contributed by atoms with E-state index in [9.17, 15) is 33.6 Å². The Hall–Kier alpha value is -4.49. The van der Waals surface area contributed by atoms with Crippen molar-refractivity contribution in [1.82, 2.24) is 15.1 Å². The summed E-state index contributed by atoms with van der Waals surface area (Å²) < 4.78 is 21.5. The van der Waals surface area contributed by atoms with Gasteiger partial charge < -0.3 is 34.1 Å². The molecule has 0 radical (unpaired) electrons. The number of benzene rings is 1. The van der Waals surface area contributed by atoms with Crippen molar-refractivity contribution in [3.05, 3.63) is 35.9 Å². The van der Waals surface area contributed by atoms with Crippen LogP contribution in [0.4, 0.5) is 4.79 Å². The Balaban J connectivity index is 3.43. The summed E-state index contributed by atoms with van der Waals surface area (Å²) in [5, 5.41) is 2.46. The fourth-order valence-electron chi connectivity index (χ4n) is 4.70. The van der Waals surface area contributed by atoms with Crippen LogP contribution >= 0.6 is 0 Å². The van der Waals surface area contributed by atoms with Crippen LogP contribution in [0.15, 0.2) is 30.3 Å². The molecule has 52 heavy (non-hydrogen) atoms. The van der Waals surface area contributed by atoms with Crippen LogP contribution in [-0.2, 0) is 54.3 Å². The summed E-state index contributed by atoms with van der Waals surface area (Å²) in [6.07, 6.45) is -1.65. The van der Waals surface area contributed by atoms with Gasteiger partial charge in [-0.25, -0.2) is 4.79 Å². The summed E-state index contributed by atoms with van der Waals surface area (Å²) >= 11 is 0. The lowest BCUT2D eigenvalue weighted by Gasteiger charge is -2.30. The molecule has 0 heterocycles. The van der Waals surface area contributed by atoms with Gasteiger partial charge in [-0.05, 0) is 79.7 Å². The van der Waals surface area contributed by atoms with E-state index in [2.05, 4.69) is 5.32 Å². The van der Waals surface area contributed by atoms with Crippen LogP contribution in [0.1, 0.15) is 108 Å². The van der Waals surface area contributed by atoms with Gasteiger partial charge in [0.25, 0.3) is 0 Å². The maximum Gasteiger partial charge on any atom is 0.408 e. The third-order valence-corrected chi connectivity index (χ3v) is 6.43. The summed E-state index contributed by atoms with van der Waals surface area (Å²) in [7, 11) is 0. The number of ether oxygens (including phenoxy) is 4. The second-order valence-electron chi connectivity index (χ2n) is 16.8. The number of nitrogens with one attached hydrogen (secondary N) is 1. The first-order valence-corrected chi connectivity index (χ1v) is 17.3. The maximum absolute atomic E-state index is 14.1. The lowest BCUT2D eigenvalue weighted by Crippen LogP contribution is -2.52. The zero-order valence-corrected chi connectivity index (χ0v) is 33.0. The monoisotopic (exact) mass is 733 g/mol. The molecule has 1 unspecified atom stereocenters. The second-order valence-corrected chi connectivity index (χ2v) is 16.8. The number of Topliss-reactive ketones (excluding diaryl/α,β-unsaturated/α-hetero) is 1. The normalized spacial score (nSPS) is 12.5. The zero-order valence-electron chi connectivity index (χ0n) is 33.0. The number of hydrogen-bond donors (Lipinski definition) is 1. The highest BCUT2D eigenvalue weighted by Gasteiger charge is 2.34. The quantitative estimate of drug-likeness (QED) is 0.183. The molecule has 1 rings (SSSR count). The SMILES string of the molecule is CC(C)(C)CC(=O)CN(CC(=O)OC(C)(C)C)C(=O)CCC(NC(=O)OCc1ccccc1)C(=O)N(CC(=O)OC(C)(C)C)CC(=O)OC(C)(C)C. The van der Waals surface area contributed by atoms with Crippen LogP contribution in [0.3, 0.4) is 0 Å². The fraction of sp³-hybridized carbons (Fsp3) is 0.658. The molecule has 1 N–H and O–H groups in total. The Labute approximate surface area is 308 Å². The Morgan fingerprint density at radius 1 is 0.635 bits per heavy atom. The molecule has 1 aromatic carbocycles. The molecule has 0 aromatic heterocycles. The molecule has 0 aliphatic rings. The summed E-state index contributed by atoms with van der Waals surface area (Å²) in [5.41, 5.74) is -2.39. The number of carbonyl (C=O) groups excluding carboxylic acids is 7. The van der Waals surface area contributed by atoms with Crippen LogP contribution in [0.25, 0.3) is 0 Å². The van der Waals surface area contributed by atoms with Gasteiger partial charge in [-0.3, -0.25) is 28.8 Å². The molecule has 3 amide bonds. The molecule has 0 fully saturated rings. The number of carbonyl (C=O) groups is 7. The molecule has 14 heteroatoms. The van der Waals surface area contributed by atoms with Crippen LogP contribution in [0.5, 0.6) is 0 Å². The first-order valence-electron chi connectivity index (χ1n) is 17.3. The Kier molecular flexibility index (Phi) is 17.0. The molecule has 0 saturated heterocycles. The van der Waals surface area contributed by atoms with Gasteiger partial charge in [0.15, 0.2) is 5.78 Å². The Bertz CT molecular complexity index is 1340. The minimum Gasteiger partial charge on any atom is -0.459 e. The second kappa shape index (κ2) is 19.4. The van der Waals surface area contributed by atoms with E-state index in [-0.39, 0.29) is 37.2 Å². The number of rotatable bonds is 16. The fourth-order valence-corrected chi connectivity index (χ4v) is 4.70. The number of nitrogens with zero attached hydrogens (tertiary/aromatic N) is 2. The highest BCUT2D eigenvalue weighted by atomic mass is 16.6. The number of hydrogen-bond acceptors (Lipinski definition) is 11. The molecule has 1 aromatic rings. The van der Waals surface area contributed by atoms with Crippen molar-refractivity contribution < 1.29 is 52.5 Å². The van der Waals surface area contributed by atoms with Gasteiger partial charge in [-0.15, -0.1) is 0 Å². The minimum atomic E-state index is -1.49. The van der Waals surface area contributed by atoms with E-state index < -0.39 is 84.7 Å². The molecule has 0 saturated carbocycles. The number of ketones is 1. The molecule has 14 nitrogen and oxygen atoms in total. The average Bonchev–Trinajstić information content (AvgIpc) is 2.93. The largest absolute Gasteiger partial charge is 0.459 e. The van der Waals surface area contributed by atoms with Crippen LogP contribution in [0, 0.1) is 5.41 Å². The van der Waals surface area contributed by atoms with Gasteiger partial charge in [0, 0.05) is 12.8 Å². The van der Waals surface area contributed by atoms with Gasteiger partial charge >= 0.3 is 24.0 Å². The topological polar surface area (TPSA) is 175 Å². The first kappa shape index (κ1) is 45.5. The van der Waals surface area contributed by atoms with Gasteiger partial charge in [0.2, 0.25) is 11.8 Å². The van der Waals surface area contributed by atoms with Crippen molar-refractivity contribution in [2.45, 2.75) is 132 Å². The summed E-state index contributed by atoms with van der Waals surface area (Å²) in [6, 6.07) is 7.29. The number of esters is 3. The average molecular weight is 734 g/mol. The zero-order chi connectivity index (χ0) is 40.1. The lowest BCUT2D eigenvalue weighted by atomic mass is 9.90. The van der Waals surface area contributed by atoms with Crippen molar-refractivity contribution in [2.24, 2.45) is 5.41 Å². The van der Waals surface area contributed by atoms with Gasteiger partial charge in [0.05, 0.1) is 6.54 Å². The van der Waals surface area contributed by atoms with Crippen molar-refractivity contribution in [1.29, 1.82) is 0 Å². The minimum absolute atomic E-state index is 0.130. The van der Waals surface area contributed by atoms with Crippen molar-refractivity contribution in [2.75, 3.05) is 26.2 Å². The van der Waals surface area contributed by atoms with Crippen LogP contribution < -0.4 is 5.32 Å². The van der Waals surface area contributed by atoms with E-state index in [4.69, 9.17) is 18.9 Å². The molecule has 0 aliphatic heterocycles. The molecule has 0 bridgehead atoms. The smallest absolute Gasteiger partial charge is 0.408 e. The van der Waals surface area contributed by atoms with Crippen LogP contribution in [0.2, 0.25) is 0 Å². The number of alkyl carbamates (subject to hydrolysis) is 1. The van der Waals surface area contributed by atoms with Crippen molar-refractivity contribution >= 4 is 41.6 Å². The molecular formula is C38H59N3O11. The highest BCUT2D eigenvalue weighted by molar-refractivity contribution is 5.92. The maximum atomic E-state index is 14.1. The predicted octanol–water partition coefficient (Wildman–Crippen LogP) is 4.75. The van der Waals surface area contributed by atoms with Crippen molar-refractivity contribution in [3.63, 3.8) is 0 Å². The molecule has 0 spiro atoms. The third-order valence-electron chi connectivity index (χ3n) is 6.43. The first-order chi connectivity index (χ1) is 23.6. The van der Waals surface area contributed by atoms with Crippen LogP contribution in [-0.4, -0.2) is 100 Å². The van der Waals surface area contributed by atoms with E-state index in [1.807, 2.05) is 20.8 Å². The number of amides is 3. The van der Waals surface area contributed by atoms with Crippen molar-refractivity contribution in [3.8, 4) is 0 Å². The molecule has 1 atom stereocenters. The van der Waals surface area contributed by atoms with E-state index in [0.29, 0.717) is 5.56 Å². The van der Waals surface area contributed by atoms with E-state index in [0.717, 1.165) is 9.80 Å².